The molecule has 5 heteroatoms. The third-order valence-corrected chi connectivity index (χ3v) is 2.10. The number of carbonyl (C=O) groups excluding carboxylic acids is 1. The van der Waals surface area contributed by atoms with E-state index >= 15 is 0 Å². The van der Waals surface area contributed by atoms with Crippen molar-refractivity contribution in [1.29, 1.82) is 0 Å². The molecule has 1 aromatic carbocycles. The van der Waals surface area contributed by atoms with E-state index in [9.17, 15) is 4.79 Å². The lowest BCUT2D eigenvalue weighted by Crippen LogP contribution is -2.07. The zero-order valence-electron chi connectivity index (χ0n) is 9.16. The van der Waals surface area contributed by atoms with Crippen molar-refractivity contribution in [1.82, 2.24) is 0 Å². The summed E-state index contributed by atoms with van der Waals surface area (Å²) in [5, 5.41) is 4.70. The predicted molar refractivity (Wildman–Crippen MR) is 64.8 cm³/mol. The van der Waals surface area contributed by atoms with Crippen LogP contribution < -0.4 is 5.43 Å². The summed E-state index contributed by atoms with van der Waals surface area (Å²) < 4.78 is 4.52. The number of methoxy groups -OCH3 is 1. The third-order valence-electron chi connectivity index (χ3n) is 1.85. The van der Waals surface area contributed by atoms with E-state index in [4.69, 9.17) is 11.6 Å². The number of hydrogen-bond acceptors (Lipinski definition) is 4. The molecule has 0 aliphatic rings. The molecule has 1 N–H and O–H groups in total. The molecule has 0 radical (unpaired) electrons. The molecule has 0 aliphatic carbocycles. The van der Waals surface area contributed by atoms with Crippen LogP contribution in [-0.2, 0) is 9.53 Å². The molecule has 0 unspecified atom stereocenters. The first-order chi connectivity index (χ1) is 7.61. The van der Waals surface area contributed by atoms with Gasteiger partial charge in [0.1, 0.15) is 0 Å². The van der Waals surface area contributed by atoms with Gasteiger partial charge in [-0.1, -0.05) is 11.6 Å². The molecule has 0 amide bonds. The van der Waals surface area contributed by atoms with Gasteiger partial charge in [0, 0.05) is 10.7 Å². The summed E-state index contributed by atoms with van der Waals surface area (Å²) in [7, 11) is 1.35. The van der Waals surface area contributed by atoms with Gasteiger partial charge in [0.15, 0.2) is 0 Å². The van der Waals surface area contributed by atoms with Crippen molar-refractivity contribution in [2.75, 3.05) is 12.5 Å². The van der Waals surface area contributed by atoms with E-state index in [0.29, 0.717) is 10.7 Å². The molecule has 1 aromatic rings. The number of anilines is 1. The predicted octanol–water partition coefficient (Wildman–Crippen LogP) is 2.69. The Morgan fingerprint density at radius 2 is 2.06 bits per heavy atom. The van der Waals surface area contributed by atoms with Crippen molar-refractivity contribution in [3.05, 3.63) is 29.3 Å². The van der Waals surface area contributed by atoms with Crippen molar-refractivity contribution < 1.29 is 9.53 Å². The minimum atomic E-state index is -0.306. The zero-order chi connectivity index (χ0) is 12.0. The first-order valence-electron chi connectivity index (χ1n) is 4.73. The highest BCUT2D eigenvalue weighted by molar-refractivity contribution is 6.30. The summed E-state index contributed by atoms with van der Waals surface area (Å²) in [6.07, 6.45) is 0.178. The molecule has 4 nitrogen and oxygen atoms in total. The summed E-state index contributed by atoms with van der Waals surface area (Å²) in [6, 6.07) is 7.12. The first kappa shape index (κ1) is 12.5. The summed E-state index contributed by atoms with van der Waals surface area (Å²) in [4.78, 5) is 10.9. The number of hydrazone groups is 1. The maximum absolute atomic E-state index is 10.9. The van der Waals surface area contributed by atoms with Crippen LogP contribution in [0, 0.1) is 0 Å². The average Bonchev–Trinajstić information content (AvgIpc) is 2.28. The Morgan fingerprint density at radius 1 is 1.44 bits per heavy atom. The number of nitrogens with one attached hydrogen (secondary N) is 1. The van der Waals surface area contributed by atoms with Gasteiger partial charge in [0.2, 0.25) is 0 Å². The number of hydrogen-bond donors (Lipinski definition) is 1. The second-order valence-electron chi connectivity index (χ2n) is 3.22. The van der Waals surface area contributed by atoms with Gasteiger partial charge in [-0.2, -0.15) is 5.10 Å². The van der Waals surface area contributed by atoms with Crippen LogP contribution >= 0.6 is 11.6 Å². The lowest BCUT2D eigenvalue weighted by molar-refractivity contribution is -0.139. The van der Waals surface area contributed by atoms with E-state index in [-0.39, 0.29) is 12.4 Å². The van der Waals surface area contributed by atoms with Crippen LogP contribution in [0.1, 0.15) is 13.3 Å². The van der Waals surface area contributed by atoms with Crippen LogP contribution in [0.15, 0.2) is 29.4 Å². The van der Waals surface area contributed by atoms with E-state index in [1.807, 2.05) is 0 Å². The molecule has 1 rings (SSSR count). The third kappa shape index (κ3) is 4.31. The van der Waals surface area contributed by atoms with Gasteiger partial charge in [-0.25, -0.2) is 0 Å². The van der Waals surface area contributed by atoms with Crippen molar-refractivity contribution >= 4 is 29.0 Å². The molecule has 0 fully saturated rings. The Bertz CT molecular complexity index is 387. The fraction of sp³-hybridized carbons (Fsp3) is 0.273. The highest BCUT2D eigenvalue weighted by Gasteiger charge is 2.02. The molecule has 0 atom stereocenters. The van der Waals surface area contributed by atoms with Gasteiger partial charge < -0.3 is 4.74 Å². The summed E-state index contributed by atoms with van der Waals surface area (Å²) in [5.41, 5.74) is 4.29. The Kier molecular flexibility index (Phi) is 4.79. The van der Waals surface area contributed by atoms with E-state index in [1.165, 1.54) is 7.11 Å². The minimum absolute atomic E-state index is 0.178. The molecule has 0 spiro atoms. The highest BCUT2D eigenvalue weighted by atomic mass is 35.5. The van der Waals surface area contributed by atoms with Crippen LogP contribution in [0.2, 0.25) is 5.02 Å². The number of carbonyl (C=O) groups is 1. The van der Waals surface area contributed by atoms with Crippen LogP contribution in [0.3, 0.4) is 0 Å². The fourth-order valence-corrected chi connectivity index (χ4v) is 1.13. The molecule has 86 valence electrons. The van der Waals surface area contributed by atoms with Gasteiger partial charge in [0.05, 0.1) is 19.2 Å². The van der Waals surface area contributed by atoms with Crippen LogP contribution in [0.25, 0.3) is 0 Å². The molecule has 0 heterocycles. The molecule has 0 aliphatic heterocycles. The Labute approximate surface area is 99.2 Å². The number of benzene rings is 1. The highest BCUT2D eigenvalue weighted by Crippen LogP contribution is 2.13. The Balaban J connectivity index is 2.52. The van der Waals surface area contributed by atoms with Crippen molar-refractivity contribution in [2.24, 2.45) is 5.10 Å². The molecule has 16 heavy (non-hydrogen) atoms. The van der Waals surface area contributed by atoms with E-state index in [2.05, 4.69) is 15.3 Å². The Morgan fingerprint density at radius 3 is 2.62 bits per heavy atom. The van der Waals surface area contributed by atoms with Gasteiger partial charge in [0.25, 0.3) is 0 Å². The zero-order valence-corrected chi connectivity index (χ0v) is 9.91. The summed E-state index contributed by atoms with van der Waals surface area (Å²) in [5.74, 6) is -0.306. The second-order valence-corrected chi connectivity index (χ2v) is 3.66. The van der Waals surface area contributed by atoms with Gasteiger partial charge in [-0.3, -0.25) is 10.2 Å². The average molecular weight is 241 g/mol. The van der Waals surface area contributed by atoms with Gasteiger partial charge in [-0.05, 0) is 31.2 Å². The topological polar surface area (TPSA) is 50.7 Å². The standard InChI is InChI=1S/C11H13ClN2O2/c1-8(7-11(15)16-2)13-14-10-5-3-9(12)4-6-10/h3-6,14H,7H2,1-2H3/b13-8-. The number of rotatable bonds is 4. The van der Waals surface area contributed by atoms with Crippen LogP contribution in [-0.4, -0.2) is 18.8 Å². The largest absolute Gasteiger partial charge is 0.469 e. The fourth-order valence-electron chi connectivity index (χ4n) is 1.00. The van der Waals surface area contributed by atoms with Gasteiger partial charge >= 0.3 is 5.97 Å². The first-order valence-corrected chi connectivity index (χ1v) is 5.11. The number of nitrogens with zero attached hydrogens (tertiary/aromatic N) is 1. The number of ether oxygens (including phenoxy) is 1. The number of esters is 1. The Hall–Kier alpha value is -1.55. The van der Waals surface area contributed by atoms with Crippen molar-refractivity contribution in [3.63, 3.8) is 0 Å². The maximum atomic E-state index is 10.9. The minimum Gasteiger partial charge on any atom is -0.469 e. The van der Waals surface area contributed by atoms with Crippen molar-refractivity contribution in [2.45, 2.75) is 13.3 Å². The van der Waals surface area contributed by atoms with Crippen LogP contribution in [0.5, 0.6) is 0 Å². The van der Waals surface area contributed by atoms with E-state index in [1.54, 1.807) is 31.2 Å². The second kappa shape index (κ2) is 6.12. The van der Waals surface area contributed by atoms with E-state index < -0.39 is 0 Å². The molecule has 0 saturated carbocycles. The SMILES string of the molecule is COC(=O)C/C(C)=N\Nc1ccc(Cl)cc1. The lowest BCUT2D eigenvalue weighted by atomic mass is 10.3. The monoisotopic (exact) mass is 240 g/mol. The molecule has 0 saturated heterocycles. The lowest BCUT2D eigenvalue weighted by Gasteiger charge is -2.02. The van der Waals surface area contributed by atoms with Crippen molar-refractivity contribution in [3.8, 4) is 0 Å². The number of halogens is 1. The summed E-state index contributed by atoms with van der Waals surface area (Å²) in [6.45, 7) is 1.75. The van der Waals surface area contributed by atoms with E-state index in [0.717, 1.165) is 5.69 Å². The normalized spacial score (nSPS) is 11.1. The molecule has 0 bridgehead atoms. The molecule has 0 aromatic heterocycles. The molecular formula is C11H13ClN2O2. The maximum Gasteiger partial charge on any atom is 0.311 e. The van der Waals surface area contributed by atoms with Crippen LogP contribution in [0.4, 0.5) is 5.69 Å². The molecular weight excluding hydrogens is 228 g/mol. The smallest absolute Gasteiger partial charge is 0.311 e. The quantitative estimate of drug-likeness (QED) is 0.500. The summed E-state index contributed by atoms with van der Waals surface area (Å²) >= 11 is 5.74. The van der Waals surface area contributed by atoms with Gasteiger partial charge in [-0.15, -0.1) is 0 Å².